The number of fused-ring (bicyclic) bond motifs is 1. The van der Waals surface area contributed by atoms with Crippen LogP contribution in [0.2, 0.25) is 0 Å². The van der Waals surface area contributed by atoms with E-state index in [4.69, 9.17) is 5.73 Å². The quantitative estimate of drug-likeness (QED) is 0.608. The third kappa shape index (κ3) is 2.25. The Morgan fingerprint density at radius 2 is 2.10 bits per heavy atom. The van der Waals surface area contributed by atoms with Gasteiger partial charge in [-0.05, 0) is 25.5 Å². The zero-order valence-electron chi connectivity index (χ0n) is 11.5. The van der Waals surface area contributed by atoms with Gasteiger partial charge in [-0.3, -0.25) is 0 Å². The molecule has 3 heterocycles. The van der Waals surface area contributed by atoms with Gasteiger partial charge < -0.3 is 21.5 Å². The average molecular weight is 274 g/mol. The summed E-state index contributed by atoms with van der Waals surface area (Å²) in [6, 6.07) is 1.84. The van der Waals surface area contributed by atoms with E-state index in [2.05, 4.69) is 25.6 Å². The molecule has 0 spiro atoms. The van der Waals surface area contributed by atoms with E-state index in [9.17, 15) is 5.11 Å². The van der Waals surface area contributed by atoms with E-state index in [1.165, 1.54) is 0 Å². The fourth-order valence-electron chi connectivity index (χ4n) is 2.55. The summed E-state index contributed by atoms with van der Waals surface area (Å²) in [7, 11) is 0. The number of aryl methyl sites for hydroxylation is 2. The van der Waals surface area contributed by atoms with E-state index in [0.29, 0.717) is 30.5 Å². The van der Waals surface area contributed by atoms with Gasteiger partial charge >= 0.3 is 0 Å². The summed E-state index contributed by atoms with van der Waals surface area (Å²) in [4.78, 5) is 13.1. The molecule has 3 rings (SSSR count). The largest absolute Gasteiger partial charge is 0.390 e. The minimum absolute atomic E-state index is 0.113. The van der Waals surface area contributed by atoms with E-state index in [1.807, 2.05) is 19.9 Å². The number of pyridine rings is 1. The number of anilines is 2. The Balaban J connectivity index is 2.01. The number of nitrogens with zero attached hydrogens (tertiary/aromatic N) is 3. The van der Waals surface area contributed by atoms with Crippen molar-refractivity contribution in [3.63, 3.8) is 0 Å². The molecule has 2 atom stereocenters. The van der Waals surface area contributed by atoms with Gasteiger partial charge in [-0.15, -0.1) is 0 Å². The number of nitrogen functional groups attached to an aromatic ring is 1. The lowest BCUT2D eigenvalue weighted by atomic mass is 10.1. The molecule has 7 heteroatoms. The van der Waals surface area contributed by atoms with Crippen molar-refractivity contribution in [3.8, 4) is 0 Å². The number of hydrogen-bond donors (Lipinski definition) is 4. The first-order chi connectivity index (χ1) is 9.54. The second-order valence-electron chi connectivity index (χ2n) is 5.19. The molecular formula is C13H18N6O. The highest BCUT2D eigenvalue weighted by Crippen LogP contribution is 2.23. The predicted octanol–water partition coefficient (Wildman–Crippen LogP) is -0.0316. The van der Waals surface area contributed by atoms with Gasteiger partial charge in [0.1, 0.15) is 5.82 Å². The van der Waals surface area contributed by atoms with Crippen molar-refractivity contribution >= 4 is 22.8 Å². The van der Waals surface area contributed by atoms with E-state index in [1.54, 1.807) is 0 Å². The summed E-state index contributed by atoms with van der Waals surface area (Å²) in [6.45, 7) is 5.12. The second kappa shape index (κ2) is 4.84. The Kier molecular flexibility index (Phi) is 3.15. The first-order valence-electron chi connectivity index (χ1n) is 6.61. The van der Waals surface area contributed by atoms with Crippen LogP contribution in [0.1, 0.15) is 11.3 Å². The molecule has 5 N–H and O–H groups in total. The van der Waals surface area contributed by atoms with E-state index in [-0.39, 0.29) is 6.04 Å². The highest BCUT2D eigenvalue weighted by molar-refractivity contribution is 5.89. The van der Waals surface area contributed by atoms with Gasteiger partial charge in [-0.2, -0.15) is 9.97 Å². The second-order valence-corrected chi connectivity index (χ2v) is 5.19. The molecule has 1 fully saturated rings. The highest BCUT2D eigenvalue weighted by Gasteiger charge is 2.25. The highest BCUT2D eigenvalue weighted by atomic mass is 16.3. The van der Waals surface area contributed by atoms with Crippen LogP contribution in [0.15, 0.2) is 6.07 Å². The zero-order chi connectivity index (χ0) is 14.3. The third-order valence-corrected chi connectivity index (χ3v) is 3.52. The van der Waals surface area contributed by atoms with E-state index in [0.717, 1.165) is 16.6 Å². The molecule has 0 amide bonds. The Bertz CT molecular complexity index is 659. The van der Waals surface area contributed by atoms with Crippen LogP contribution in [0.4, 0.5) is 11.8 Å². The van der Waals surface area contributed by atoms with E-state index >= 15 is 0 Å². The van der Waals surface area contributed by atoms with Crippen LogP contribution in [-0.2, 0) is 0 Å². The Morgan fingerprint density at radius 3 is 2.80 bits per heavy atom. The fraction of sp³-hybridized carbons (Fsp3) is 0.462. The molecule has 106 valence electrons. The maximum atomic E-state index is 9.79. The third-order valence-electron chi connectivity index (χ3n) is 3.52. The molecule has 2 aromatic heterocycles. The molecule has 0 aliphatic carbocycles. The van der Waals surface area contributed by atoms with Crippen LogP contribution < -0.4 is 16.4 Å². The number of aliphatic hydroxyl groups is 1. The minimum atomic E-state index is -0.456. The van der Waals surface area contributed by atoms with Crippen molar-refractivity contribution in [1.82, 2.24) is 20.3 Å². The molecule has 0 radical (unpaired) electrons. The van der Waals surface area contributed by atoms with Crippen LogP contribution >= 0.6 is 0 Å². The summed E-state index contributed by atoms with van der Waals surface area (Å²) in [5.74, 6) is 0.809. The number of β-amino-alcohol motifs (C(OH)–C–C–N with tert-alkyl or cyclic N) is 1. The fourth-order valence-corrected chi connectivity index (χ4v) is 2.55. The van der Waals surface area contributed by atoms with Gasteiger partial charge in [-0.1, -0.05) is 0 Å². The smallest absolute Gasteiger partial charge is 0.227 e. The van der Waals surface area contributed by atoms with Gasteiger partial charge in [0.25, 0.3) is 0 Å². The van der Waals surface area contributed by atoms with Crippen LogP contribution in [0.5, 0.6) is 0 Å². The first kappa shape index (κ1) is 13.0. The molecule has 0 aromatic carbocycles. The summed E-state index contributed by atoms with van der Waals surface area (Å²) in [5.41, 5.74) is 8.49. The van der Waals surface area contributed by atoms with Gasteiger partial charge in [0.2, 0.25) is 5.95 Å². The van der Waals surface area contributed by atoms with Crippen molar-refractivity contribution in [2.75, 3.05) is 24.1 Å². The number of nitrogens with two attached hydrogens (primary N) is 1. The number of aliphatic hydroxyl groups excluding tert-OH is 1. The van der Waals surface area contributed by atoms with Crippen LogP contribution in [0.3, 0.4) is 0 Å². The molecule has 7 nitrogen and oxygen atoms in total. The molecule has 1 aliphatic heterocycles. The van der Waals surface area contributed by atoms with Crippen LogP contribution in [0, 0.1) is 13.8 Å². The molecule has 2 aromatic rings. The normalized spacial score (nSPS) is 22.4. The Labute approximate surface area is 116 Å². The van der Waals surface area contributed by atoms with Crippen molar-refractivity contribution in [2.24, 2.45) is 0 Å². The molecule has 0 bridgehead atoms. The summed E-state index contributed by atoms with van der Waals surface area (Å²) in [6.07, 6.45) is -0.456. The van der Waals surface area contributed by atoms with Gasteiger partial charge in [0.05, 0.1) is 17.5 Å². The lowest BCUT2D eigenvalue weighted by Gasteiger charge is -2.16. The molecule has 0 saturated carbocycles. The summed E-state index contributed by atoms with van der Waals surface area (Å²) >= 11 is 0. The molecule has 20 heavy (non-hydrogen) atoms. The summed E-state index contributed by atoms with van der Waals surface area (Å²) < 4.78 is 0. The number of aromatic nitrogens is 3. The van der Waals surface area contributed by atoms with Gasteiger partial charge in [0.15, 0.2) is 5.65 Å². The molecule has 1 saturated heterocycles. The van der Waals surface area contributed by atoms with Gasteiger partial charge in [0, 0.05) is 18.8 Å². The minimum Gasteiger partial charge on any atom is -0.390 e. The predicted molar refractivity (Wildman–Crippen MR) is 77.5 cm³/mol. The standard InChI is InChI=1S/C13H18N6O/c1-6-3-7(2)16-12-10(6)11(14)18-13(19-12)17-8-4-15-5-9(8)20/h3,8-9,15,20H,4-5H2,1-2H3,(H3,14,16,17,18,19)/t8-,9-/m0/s1. The SMILES string of the molecule is Cc1cc(C)c2c(N)nc(N[C@H]3CNC[C@@H]3O)nc2n1. The van der Waals surface area contributed by atoms with Crippen molar-refractivity contribution in [1.29, 1.82) is 0 Å². The topological polar surface area (TPSA) is 109 Å². The Morgan fingerprint density at radius 1 is 1.30 bits per heavy atom. The lowest BCUT2D eigenvalue weighted by molar-refractivity contribution is 0.185. The molecular weight excluding hydrogens is 256 g/mol. The maximum Gasteiger partial charge on any atom is 0.227 e. The maximum absolute atomic E-state index is 9.79. The van der Waals surface area contributed by atoms with Crippen molar-refractivity contribution in [3.05, 3.63) is 17.3 Å². The first-order valence-corrected chi connectivity index (χ1v) is 6.61. The number of rotatable bonds is 2. The monoisotopic (exact) mass is 274 g/mol. The van der Waals surface area contributed by atoms with Gasteiger partial charge in [-0.25, -0.2) is 4.98 Å². The van der Waals surface area contributed by atoms with Crippen molar-refractivity contribution in [2.45, 2.75) is 26.0 Å². The van der Waals surface area contributed by atoms with Crippen LogP contribution in [0.25, 0.3) is 11.0 Å². The van der Waals surface area contributed by atoms with Crippen LogP contribution in [-0.4, -0.2) is 45.3 Å². The number of nitrogens with one attached hydrogen (secondary N) is 2. The molecule has 0 unspecified atom stereocenters. The lowest BCUT2D eigenvalue weighted by Crippen LogP contribution is -2.32. The average Bonchev–Trinajstić information content (AvgIpc) is 2.73. The number of hydrogen-bond acceptors (Lipinski definition) is 7. The van der Waals surface area contributed by atoms with E-state index < -0.39 is 6.10 Å². The molecule has 1 aliphatic rings. The zero-order valence-corrected chi connectivity index (χ0v) is 11.5. The summed E-state index contributed by atoms with van der Waals surface area (Å²) in [5, 5.41) is 16.8. The van der Waals surface area contributed by atoms with Crippen molar-refractivity contribution < 1.29 is 5.11 Å². The Hall–Kier alpha value is -1.99.